The Morgan fingerprint density at radius 1 is 1.22 bits per heavy atom. The van der Waals surface area contributed by atoms with Gasteiger partial charge in [-0.2, -0.15) is 0 Å². The Labute approximate surface area is 103 Å². The molecule has 0 aliphatic carbocycles. The molecule has 94 valence electrons. The molecular weight excluding hydrogens is 236 g/mol. The Bertz CT molecular complexity index is 625. The third kappa shape index (κ3) is 1.98. The standard InChI is InChI=1S/C13H12O5/c14-8-1-2-9-10(15)6-12(18-11(9)5-8)13-7-16-3-4-17-13/h1-2,5-6,13-14H,3-4,7H2. The molecule has 5 nitrogen and oxygen atoms in total. The maximum absolute atomic E-state index is 11.9. The van der Waals surface area contributed by atoms with Gasteiger partial charge in [-0.3, -0.25) is 4.79 Å². The molecule has 1 saturated heterocycles. The number of ether oxygens (including phenoxy) is 2. The number of hydrogen-bond acceptors (Lipinski definition) is 5. The van der Waals surface area contributed by atoms with Crippen LogP contribution in [0.2, 0.25) is 0 Å². The molecule has 0 amide bonds. The lowest BCUT2D eigenvalue weighted by Gasteiger charge is -2.21. The van der Waals surface area contributed by atoms with E-state index >= 15 is 0 Å². The number of phenols is 1. The first-order valence-corrected chi connectivity index (χ1v) is 5.70. The first kappa shape index (κ1) is 11.3. The van der Waals surface area contributed by atoms with Crippen molar-refractivity contribution in [3.63, 3.8) is 0 Å². The van der Waals surface area contributed by atoms with Crippen molar-refractivity contribution in [2.75, 3.05) is 19.8 Å². The summed E-state index contributed by atoms with van der Waals surface area (Å²) in [5.74, 6) is 0.487. The molecular formula is C13H12O5. The van der Waals surface area contributed by atoms with E-state index in [1.807, 2.05) is 0 Å². The zero-order chi connectivity index (χ0) is 12.5. The van der Waals surface area contributed by atoms with E-state index in [2.05, 4.69) is 0 Å². The van der Waals surface area contributed by atoms with Crippen molar-refractivity contribution in [2.45, 2.75) is 6.10 Å². The summed E-state index contributed by atoms with van der Waals surface area (Å²) in [6.07, 6.45) is -0.363. The van der Waals surface area contributed by atoms with Gasteiger partial charge in [0.05, 0.1) is 25.2 Å². The normalized spacial score (nSPS) is 20.1. The summed E-state index contributed by atoms with van der Waals surface area (Å²) in [5, 5.41) is 9.84. The van der Waals surface area contributed by atoms with Crippen LogP contribution in [0, 0.1) is 0 Å². The minimum Gasteiger partial charge on any atom is -0.508 e. The van der Waals surface area contributed by atoms with Crippen molar-refractivity contribution < 1.29 is 19.0 Å². The second-order valence-corrected chi connectivity index (χ2v) is 4.13. The average molecular weight is 248 g/mol. The fourth-order valence-corrected chi connectivity index (χ4v) is 1.97. The third-order valence-electron chi connectivity index (χ3n) is 2.87. The van der Waals surface area contributed by atoms with Crippen molar-refractivity contribution in [3.8, 4) is 5.75 Å². The molecule has 0 bridgehead atoms. The van der Waals surface area contributed by atoms with Gasteiger partial charge in [-0.25, -0.2) is 0 Å². The molecule has 1 aliphatic rings. The zero-order valence-corrected chi connectivity index (χ0v) is 9.59. The SMILES string of the molecule is O=c1cc(C2COCCO2)oc2cc(O)ccc12. The first-order valence-electron chi connectivity index (χ1n) is 5.70. The molecule has 0 saturated carbocycles. The van der Waals surface area contributed by atoms with Gasteiger partial charge in [-0.15, -0.1) is 0 Å². The second kappa shape index (κ2) is 4.44. The quantitative estimate of drug-likeness (QED) is 0.829. The van der Waals surface area contributed by atoms with E-state index in [9.17, 15) is 9.90 Å². The van der Waals surface area contributed by atoms with Crippen LogP contribution in [0.5, 0.6) is 5.75 Å². The van der Waals surface area contributed by atoms with Crippen LogP contribution in [0.4, 0.5) is 0 Å². The number of aromatic hydroxyl groups is 1. The second-order valence-electron chi connectivity index (χ2n) is 4.13. The Morgan fingerprint density at radius 3 is 2.89 bits per heavy atom. The van der Waals surface area contributed by atoms with E-state index in [-0.39, 0.29) is 17.3 Å². The maximum atomic E-state index is 11.9. The van der Waals surface area contributed by atoms with Gasteiger partial charge in [-0.05, 0) is 12.1 Å². The molecule has 1 aromatic heterocycles. The lowest BCUT2D eigenvalue weighted by Crippen LogP contribution is -2.22. The summed E-state index contributed by atoms with van der Waals surface area (Å²) in [7, 11) is 0. The number of fused-ring (bicyclic) bond motifs is 1. The predicted octanol–water partition coefficient (Wildman–Crippen LogP) is 1.59. The van der Waals surface area contributed by atoms with Gasteiger partial charge in [0.15, 0.2) is 5.43 Å². The third-order valence-corrected chi connectivity index (χ3v) is 2.87. The molecule has 5 heteroatoms. The van der Waals surface area contributed by atoms with Gasteiger partial charge >= 0.3 is 0 Å². The highest BCUT2D eigenvalue weighted by atomic mass is 16.6. The lowest BCUT2D eigenvalue weighted by atomic mass is 10.2. The molecule has 18 heavy (non-hydrogen) atoms. The smallest absolute Gasteiger partial charge is 0.193 e. The minimum atomic E-state index is -0.363. The average Bonchev–Trinajstić information content (AvgIpc) is 2.39. The van der Waals surface area contributed by atoms with Crippen LogP contribution in [0.25, 0.3) is 11.0 Å². The number of rotatable bonds is 1. The zero-order valence-electron chi connectivity index (χ0n) is 9.59. The predicted molar refractivity (Wildman–Crippen MR) is 63.7 cm³/mol. The summed E-state index contributed by atoms with van der Waals surface area (Å²) in [6, 6.07) is 5.83. The van der Waals surface area contributed by atoms with E-state index in [0.717, 1.165) is 0 Å². The molecule has 3 rings (SSSR count). The highest BCUT2D eigenvalue weighted by molar-refractivity contribution is 5.77. The van der Waals surface area contributed by atoms with E-state index < -0.39 is 0 Å². The maximum Gasteiger partial charge on any atom is 0.193 e. The van der Waals surface area contributed by atoms with E-state index in [0.29, 0.717) is 36.6 Å². The number of phenolic OH excluding ortho intramolecular Hbond substituents is 1. The molecule has 1 unspecified atom stereocenters. The van der Waals surface area contributed by atoms with Gasteiger partial charge in [0.1, 0.15) is 23.2 Å². The summed E-state index contributed by atoms with van der Waals surface area (Å²) < 4.78 is 16.4. The number of hydrogen-bond donors (Lipinski definition) is 1. The van der Waals surface area contributed by atoms with Crippen molar-refractivity contribution in [1.82, 2.24) is 0 Å². The van der Waals surface area contributed by atoms with Gasteiger partial charge in [0, 0.05) is 12.1 Å². The van der Waals surface area contributed by atoms with Crippen molar-refractivity contribution in [2.24, 2.45) is 0 Å². The monoisotopic (exact) mass is 248 g/mol. The molecule has 2 aromatic rings. The fourth-order valence-electron chi connectivity index (χ4n) is 1.97. The Morgan fingerprint density at radius 2 is 2.11 bits per heavy atom. The highest BCUT2D eigenvalue weighted by Gasteiger charge is 2.20. The first-order chi connectivity index (χ1) is 8.74. The Hall–Kier alpha value is -1.85. The molecule has 2 heterocycles. The van der Waals surface area contributed by atoms with Crippen LogP contribution in [-0.4, -0.2) is 24.9 Å². The van der Waals surface area contributed by atoms with Crippen LogP contribution >= 0.6 is 0 Å². The van der Waals surface area contributed by atoms with Crippen LogP contribution in [-0.2, 0) is 9.47 Å². The molecule has 1 aliphatic heterocycles. The molecule has 1 N–H and O–H groups in total. The van der Waals surface area contributed by atoms with Crippen LogP contribution in [0.3, 0.4) is 0 Å². The van der Waals surface area contributed by atoms with E-state index in [1.165, 1.54) is 18.2 Å². The van der Waals surface area contributed by atoms with Gasteiger partial charge in [0.25, 0.3) is 0 Å². The molecule has 1 fully saturated rings. The van der Waals surface area contributed by atoms with Crippen molar-refractivity contribution in [3.05, 3.63) is 40.2 Å². The van der Waals surface area contributed by atoms with Crippen molar-refractivity contribution in [1.29, 1.82) is 0 Å². The summed E-state index contributed by atoms with van der Waals surface area (Å²) in [4.78, 5) is 11.9. The summed E-state index contributed by atoms with van der Waals surface area (Å²) in [5.41, 5.74) is 0.201. The summed E-state index contributed by atoms with van der Waals surface area (Å²) >= 11 is 0. The molecule has 1 aromatic carbocycles. The summed E-state index contributed by atoms with van der Waals surface area (Å²) in [6.45, 7) is 1.40. The molecule has 0 spiro atoms. The molecule has 0 radical (unpaired) electrons. The van der Waals surface area contributed by atoms with Crippen LogP contribution in [0.15, 0.2) is 33.5 Å². The molecule has 1 atom stereocenters. The minimum absolute atomic E-state index is 0.0589. The largest absolute Gasteiger partial charge is 0.508 e. The number of benzene rings is 1. The Kier molecular flexibility index (Phi) is 2.77. The lowest BCUT2D eigenvalue weighted by molar-refractivity contribution is -0.0975. The van der Waals surface area contributed by atoms with Gasteiger partial charge < -0.3 is 19.0 Å². The highest BCUT2D eigenvalue weighted by Crippen LogP contribution is 2.24. The van der Waals surface area contributed by atoms with Crippen LogP contribution < -0.4 is 5.43 Å². The topological polar surface area (TPSA) is 68.9 Å². The fraction of sp³-hybridized carbons (Fsp3) is 0.308. The van der Waals surface area contributed by atoms with E-state index in [1.54, 1.807) is 6.07 Å². The van der Waals surface area contributed by atoms with Gasteiger partial charge in [-0.1, -0.05) is 0 Å². The van der Waals surface area contributed by atoms with E-state index in [4.69, 9.17) is 13.9 Å². The van der Waals surface area contributed by atoms with Gasteiger partial charge in [0.2, 0.25) is 0 Å². The Balaban J connectivity index is 2.10. The van der Waals surface area contributed by atoms with Crippen LogP contribution in [0.1, 0.15) is 11.9 Å². The van der Waals surface area contributed by atoms with Crippen molar-refractivity contribution >= 4 is 11.0 Å².